The maximum absolute atomic E-state index is 12.7. The van der Waals surface area contributed by atoms with Crippen LogP contribution >= 0.6 is 0 Å². The standard InChI is InChI=1S/C16H23FN2O2/c1-2-8-16(21)11-19(12-16)10-15(20)18-9-7-13-3-5-14(17)6-4-13/h3-6,21H,2,7-12H2,1H3,(H,18,20). The van der Waals surface area contributed by atoms with Gasteiger partial charge in [0.2, 0.25) is 5.91 Å². The summed E-state index contributed by atoms with van der Waals surface area (Å²) in [6.07, 6.45) is 2.43. The Hall–Kier alpha value is -1.46. The fourth-order valence-corrected chi connectivity index (χ4v) is 2.78. The van der Waals surface area contributed by atoms with Crippen molar-refractivity contribution in [2.75, 3.05) is 26.2 Å². The van der Waals surface area contributed by atoms with Gasteiger partial charge in [-0.05, 0) is 30.5 Å². The van der Waals surface area contributed by atoms with E-state index in [2.05, 4.69) is 5.32 Å². The molecule has 1 saturated heterocycles. The normalized spacial score (nSPS) is 17.3. The van der Waals surface area contributed by atoms with Crippen LogP contribution in [0.3, 0.4) is 0 Å². The molecule has 0 aliphatic carbocycles. The number of β-amino-alcohol motifs (C(OH)–C–C–N with tert-alkyl or cyclic N) is 1. The highest BCUT2D eigenvalue weighted by Gasteiger charge is 2.40. The number of rotatable bonds is 7. The molecule has 1 aliphatic rings. The van der Waals surface area contributed by atoms with Crippen LogP contribution in [0.2, 0.25) is 0 Å². The van der Waals surface area contributed by atoms with E-state index in [0.717, 1.165) is 18.4 Å². The van der Waals surface area contributed by atoms with Gasteiger partial charge in [-0.2, -0.15) is 0 Å². The number of hydrogen-bond acceptors (Lipinski definition) is 3. The molecule has 2 rings (SSSR count). The van der Waals surface area contributed by atoms with Gasteiger partial charge in [-0.25, -0.2) is 4.39 Å². The Labute approximate surface area is 125 Å². The fourth-order valence-electron chi connectivity index (χ4n) is 2.78. The lowest BCUT2D eigenvalue weighted by molar-refractivity contribution is -0.133. The smallest absolute Gasteiger partial charge is 0.234 e. The second-order valence-electron chi connectivity index (χ2n) is 5.85. The van der Waals surface area contributed by atoms with Gasteiger partial charge in [0.1, 0.15) is 5.82 Å². The summed E-state index contributed by atoms with van der Waals surface area (Å²) < 4.78 is 12.7. The summed E-state index contributed by atoms with van der Waals surface area (Å²) in [6, 6.07) is 6.29. The Morgan fingerprint density at radius 2 is 2.05 bits per heavy atom. The van der Waals surface area contributed by atoms with Gasteiger partial charge in [-0.15, -0.1) is 0 Å². The van der Waals surface area contributed by atoms with Crippen molar-refractivity contribution in [3.63, 3.8) is 0 Å². The molecule has 116 valence electrons. The number of benzene rings is 1. The maximum Gasteiger partial charge on any atom is 0.234 e. The summed E-state index contributed by atoms with van der Waals surface area (Å²) >= 11 is 0. The van der Waals surface area contributed by atoms with Gasteiger partial charge in [-0.3, -0.25) is 9.69 Å². The zero-order chi connectivity index (χ0) is 15.3. The minimum Gasteiger partial charge on any atom is -0.387 e. The second-order valence-corrected chi connectivity index (χ2v) is 5.85. The topological polar surface area (TPSA) is 52.6 Å². The molecule has 0 atom stereocenters. The van der Waals surface area contributed by atoms with Crippen molar-refractivity contribution in [3.8, 4) is 0 Å². The Bertz CT molecular complexity index is 470. The van der Waals surface area contributed by atoms with E-state index in [1.54, 1.807) is 12.1 Å². The van der Waals surface area contributed by atoms with Crippen LogP contribution in [0.5, 0.6) is 0 Å². The molecule has 1 amide bonds. The minimum atomic E-state index is -0.594. The predicted octanol–water partition coefficient (Wildman–Crippen LogP) is 1.33. The summed E-state index contributed by atoms with van der Waals surface area (Å²) in [5.74, 6) is -0.282. The largest absolute Gasteiger partial charge is 0.387 e. The number of nitrogens with zero attached hydrogens (tertiary/aromatic N) is 1. The van der Waals surface area contributed by atoms with Crippen molar-refractivity contribution < 1.29 is 14.3 Å². The van der Waals surface area contributed by atoms with E-state index >= 15 is 0 Å². The molecule has 1 heterocycles. The summed E-state index contributed by atoms with van der Waals surface area (Å²) in [7, 11) is 0. The maximum atomic E-state index is 12.7. The van der Waals surface area contributed by atoms with Crippen LogP contribution in [0.25, 0.3) is 0 Å². The van der Waals surface area contributed by atoms with E-state index in [1.807, 2.05) is 11.8 Å². The lowest BCUT2D eigenvalue weighted by Crippen LogP contribution is -2.63. The molecule has 0 spiro atoms. The Kier molecular flexibility index (Phi) is 5.31. The summed E-state index contributed by atoms with van der Waals surface area (Å²) in [6.45, 7) is 4.06. The van der Waals surface area contributed by atoms with Crippen LogP contribution in [0.4, 0.5) is 4.39 Å². The van der Waals surface area contributed by atoms with Crippen LogP contribution in [0.15, 0.2) is 24.3 Å². The van der Waals surface area contributed by atoms with E-state index in [4.69, 9.17) is 0 Å². The van der Waals surface area contributed by atoms with E-state index in [1.165, 1.54) is 12.1 Å². The molecular formula is C16H23FN2O2. The lowest BCUT2D eigenvalue weighted by atomic mass is 9.89. The first kappa shape index (κ1) is 15.9. The monoisotopic (exact) mass is 294 g/mol. The number of halogens is 1. The van der Waals surface area contributed by atoms with Crippen molar-refractivity contribution >= 4 is 5.91 Å². The van der Waals surface area contributed by atoms with Gasteiger partial charge in [-0.1, -0.05) is 25.5 Å². The summed E-state index contributed by atoms with van der Waals surface area (Å²) in [5, 5.41) is 12.9. The van der Waals surface area contributed by atoms with Gasteiger partial charge in [0, 0.05) is 19.6 Å². The lowest BCUT2D eigenvalue weighted by Gasteiger charge is -2.46. The van der Waals surface area contributed by atoms with Gasteiger partial charge < -0.3 is 10.4 Å². The van der Waals surface area contributed by atoms with Crippen molar-refractivity contribution in [2.24, 2.45) is 0 Å². The van der Waals surface area contributed by atoms with Crippen LogP contribution < -0.4 is 5.32 Å². The SMILES string of the molecule is CCCC1(O)CN(CC(=O)NCCc2ccc(F)cc2)C1. The summed E-state index contributed by atoms with van der Waals surface area (Å²) in [4.78, 5) is 13.7. The van der Waals surface area contributed by atoms with Crippen LogP contribution in [-0.4, -0.2) is 47.7 Å². The number of likely N-dealkylation sites (tertiary alicyclic amines) is 1. The third-order valence-corrected chi connectivity index (χ3v) is 3.77. The number of amides is 1. The molecule has 0 unspecified atom stereocenters. The summed E-state index contributed by atoms with van der Waals surface area (Å²) in [5.41, 5.74) is 0.404. The van der Waals surface area contributed by atoms with Gasteiger partial charge in [0.15, 0.2) is 0 Å². The Morgan fingerprint density at radius 1 is 1.38 bits per heavy atom. The number of aliphatic hydroxyl groups is 1. The molecule has 0 saturated carbocycles. The molecule has 4 nitrogen and oxygen atoms in total. The molecule has 1 aromatic rings. The first-order valence-electron chi connectivity index (χ1n) is 7.47. The number of carbonyl (C=O) groups is 1. The van der Waals surface area contributed by atoms with Crippen molar-refractivity contribution in [3.05, 3.63) is 35.6 Å². The molecule has 1 aromatic carbocycles. The fraction of sp³-hybridized carbons (Fsp3) is 0.562. The highest BCUT2D eigenvalue weighted by atomic mass is 19.1. The van der Waals surface area contributed by atoms with E-state index < -0.39 is 5.60 Å². The molecule has 2 N–H and O–H groups in total. The first-order valence-corrected chi connectivity index (χ1v) is 7.47. The van der Waals surface area contributed by atoms with Crippen molar-refractivity contribution in [2.45, 2.75) is 31.8 Å². The van der Waals surface area contributed by atoms with Crippen LogP contribution in [0, 0.1) is 5.82 Å². The van der Waals surface area contributed by atoms with Crippen molar-refractivity contribution in [1.82, 2.24) is 10.2 Å². The number of carbonyl (C=O) groups excluding carboxylic acids is 1. The first-order chi connectivity index (χ1) is 10.0. The van der Waals surface area contributed by atoms with Crippen LogP contribution in [-0.2, 0) is 11.2 Å². The average molecular weight is 294 g/mol. The third-order valence-electron chi connectivity index (χ3n) is 3.77. The molecule has 0 aromatic heterocycles. The van der Waals surface area contributed by atoms with Gasteiger partial charge in [0.25, 0.3) is 0 Å². The average Bonchev–Trinajstić information content (AvgIpc) is 2.39. The Morgan fingerprint density at radius 3 is 2.67 bits per heavy atom. The third kappa shape index (κ3) is 4.79. The second kappa shape index (κ2) is 7.00. The highest BCUT2D eigenvalue weighted by molar-refractivity contribution is 5.78. The van der Waals surface area contributed by atoms with Crippen LogP contribution in [0.1, 0.15) is 25.3 Å². The van der Waals surface area contributed by atoms with E-state index in [-0.39, 0.29) is 11.7 Å². The van der Waals surface area contributed by atoms with Gasteiger partial charge in [0.05, 0.1) is 12.1 Å². The quantitative estimate of drug-likeness (QED) is 0.798. The zero-order valence-electron chi connectivity index (χ0n) is 12.4. The molecule has 5 heteroatoms. The Balaban J connectivity index is 1.61. The number of nitrogens with one attached hydrogen (secondary N) is 1. The zero-order valence-corrected chi connectivity index (χ0v) is 12.4. The molecular weight excluding hydrogens is 271 g/mol. The molecule has 1 aliphatic heterocycles. The van der Waals surface area contributed by atoms with Crippen molar-refractivity contribution in [1.29, 1.82) is 0 Å². The molecule has 0 radical (unpaired) electrons. The number of hydrogen-bond donors (Lipinski definition) is 2. The minimum absolute atomic E-state index is 0.0318. The van der Waals surface area contributed by atoms with E-state index in [0.29, 0.717) is 32.6 Å². The van der Waals surface area contributed by atoms with Gasteiger partial charge >= 0.3 is 0 Å². The molecule has 21 heavy (non-hydrogen) atoms. The predicted molar refractivity (Wildman–Crippen MR) is 79.4 cm³/mol. The highest BCUT2D eigenvalue weighted by Crippen LogP contribution is 2.24. The van der Waals surface area contributed by atoms with E-state index in [9.17, 15) is 14.3 Å². The molecule has 1 fully saturated rings. The molecule has 0 bridgehead atoms.